The van der Waals surface area contributed by atoms with Crippen LogP contribution in [0.2, 0.25) is 0 Å². The number of fused-ring (bicyclic) bond motifs is 2. The summed E-state index contributed by atoms with van der Waals surface area (Å²) in [5.74, 6) is 1.27. The van der Waals surface area contributed by atoms with Crippen LogP contribution in [-0.4, -0.2) is 31.4 Å². The molecule has 0 saturated carbocycles. The van der Waals surface area contributed by atoms with Crippen molar-refractivity contribution in [3.8, 4) is 28.4 Å². The van der Waals surface area contributed by atoms with Crippen molar-refractivity contribution in [2.24, 2.45) is 0 Å². The van der Waals surface area contributed by atoms with E-state index in [0.717, 1.165) is 0 Å². The highest BCUT2D eigenvalue weighted by atomic mass is 16.6. The molecule has 0 bridgehead atoms. The van der Waals surface area contributed by atoms with Gasteiger partial charge in [0, 0.05) is 18.9 Å². The number of methoxy groups -OCH3 is 1. The number of carboxylic acids is 1. The highest BCUT2D eigenvalue weighted by Crippen LogP contribution is 2.36. The molecule has 0 aliphatic carbocycles. The molecule has 1 aromatic heterocycles. The lowest BCUT2D eigenvalue weighted by Gasteiger charge is -2.19. The number of hydrogen-bond acceptors (Lipinski definition) is 6. The number of carbonyl (C=O) groups is 1. The van der Waals surface area contributed by atoms with Crippen molar-refractivity contribution < 1.29 is 28.5 Å². The van der Waals surface area contributed by atoms with Gasteiger partial charge in [0.15, 0.2) is 11.5 Å². The van der Waals surface area contributed by atoms with Crippen molar-refractivity contribution in [1.82, 2.24) is 0 Å². The van der Waals surface area contributed by atoms with E-state index in [0.29, 0.717) is 71.2 Å². The fourth-order valence-electron chi connectivity index (χ4n) is 3.40. The predicted octanol–water partition coefficient (Wildman–Crippen LogP) is 3.65. The fraction of sp³-hybridized carbons (Fsp3) is 0.273. The van der Waals surface area contributed by atoms with Crippen molar-refractivity contribution in [2.45, 2.75) is 19.3 Å². The van der Waals surface area contributed by atoms with Crippen molar-refractivity contribution in [1.29, 1.82) is 0 Å². The van der Waals surface area contributed by atoms with Crippen LogP contribution >= 0.6 is 0 Å². The van der Waals surface area contributed by atoms with E-state index in [1.807, 2.05) is 0 Å². The van der Waals surface area contributed by atoms with Gasteiger partial charge in [0.1, 0.15) is 30.3 Å². The molecule has 2 heterocycles. The summed E-state index contributed by atoms with van der Waals surface area (Å²) in [6.45, 7) is 0.848. The van der Waals surface area contributed by atoms with Crippen LogP contribution in [0, 0.1) is 0 Å². The van der Waals surface area contributed by atoms with E-state index in [4.69, 9.17) is 23.7 Å². The SMILES string of the molecule is COc1ccc(-c2c(CCCC(=O)O)oc3cc4c(cc3c2=O)OCCO4)cc1. The molecule has 0 radical (unpaired) electrons. The van der Waals surface area contributed by atoms with Crippen LogP contribution in [0.5, 0.6) is 17.2 Å². The van der Waals surface area contributed by atoms with Crippen LogP contribution in [0.15, 0.2) is 45.6 Å². The van der Waals surface area contributed by atoms with Crippen LogP contribution < -0.4 is 19.6 Å². The maximum atomic E-state index is 13.4. The average Bonchev–Trinajstić information content (AvgIpc) is 2.73. The molecule has 0 amide bonds. The monoisotopic (exact) mass is 396 g/mol. The quantitative estimate of drug-likeness (QED) is 0.679. The lowest BCUT2D eigenvalue weighted by molar-refractivity contribution is -0.137. The van der Waals surface area contributed by atoms with Crippen molar-refractivity contribution in [3.05, 3.63) is 52.4 Å². The summed E-state index contributed by atoms with van der Waals surface area (Å²) >= 11 is 0. The first-order chi connectivity index (χ1) is 14.1. The van der Waals surface area contributed by atoms with Crippen LogP contribution in [-0.2, 0) is 11.2 Å². The Labute approximate surface area is 166 Å². The van der Waals surface area contributed by atoms with Gasteiger partial charge < -0.3 is 23.7 Å². The zero-order valence-electron chi connectivity index (χ0n) is 15.9. The first-order valence-corrected chi connectivity index (χ1v) is 9.32. The summed E-state index contributed by atoms with van der Waals surface area (Å²) in [5.41, 5.74) is 1.30. The number of carboxylic acid groups (broad SMARTS) is 1. The highest BCUT2D eigenvalue weighted by molar-refractivity contribution is 5.86. The molecule has 29 heavy (non-hydrogen) atoms. The van der Waals surface area contributed by atoms with Gasteiger partial charge in [0.25, 0.3) is 0 Å². The number of aliphatic carboxylic acids is 1. The third kappa shape index (κ3) is 3.76. The van der Waals surface area contributed by atoms with Gasteiger partial charge in [-0.1, -0.05) is 12.1 Å². The average molecular weight is 396 g/mol. The molecule has 0 spiro atoms. The molecule has 0 unspecified atom stereocenters. The maximum absolute atomic E-state index is 13.4. The van der Waals surface area contributed by atoms with Gasteiger partial charge in [-0.05, 0) is 30.2 Å². The summed E-state index contributed by atoms with van der Waals surface area (Å²) < 4.78 is 22.4. The lowest BCUT2D eigenvalue weighted by Crippen LogP contribution is -2.16. The largest absolute Gasteiger partial charge is 0.497 e. The van der Waals surface area contributed by atoms with Crippen molar-refractivity contribution in [3.63, 3.8) is 0 Å². The standard InChI is InChI=1S/C22H20O7/c1-26-14-7-5-13(6-8-14)21-16(3-2-4-20(23)24)29-17-12-19-18(27-9-10-28-19)11-15(17)22(21)25/h5-8,11-12H,2-4,9-10H2,1H3,(H,23,24). The Morgan fingerprint density at radius 3 is 2.45 bits per heavy atom. The topological polar surface area (TPSA) is 95.2 Å². The molecule has 3 aromatic rings. The van der Waals surface area contributed by atoms with E-state index < -0.39 is 5.97 Å². The number of hydrogen-bond donors (Lipinski definition) is 1. The molecular formula is C22H20O7. The van der Waals surface area contributed by atoms with E-state index in [1.54, 1.807) is 43.5 Å². The third-order valence-electron chi connectivity index (χ3n) is 4.80. The molecule has 0 fully saturated rings. The van der Waals surface area contributed by atoms with E-state index >= 15 is 0 Å². The van der Waals surface area contributed by atoms with Crippen LogP contribution in [0.3, 0.4) is 0 Å². The van der Waals surface area contributed by atoms with Gasteiger partial charge in [0.05, 0.1) is 18.1 Å². The molecule has 150 valence electrons. The van der Waals surface area contributed by atoms with E-state index in [2.05, 4.69) is 0 Å². The molecule has 2 aromatic carbocycles. The normalized spacial score (nSPS) is 12.7. The Balaban J connectivity index is 1.87. The molecule has 0 saturated heterocycles. The van der Waals surface area contributed by atoms with E-state index in [9.17, 15) is 9.59 Å². The molecule has 4 rings (SSSR count). The van der Waals surface area contributed by atoms with Gasteiger partial charge in [0.2, 0.25) is 5.43 Å². The van der Waals surface area contributed by atoms with Crippen molar-refractivity contribution >= 4 is 16.9 Å². The summed E-state index contributed by atoms with van der Waals surface area (Å²) in [6, 6.07) is 10.4. The summed E-state index contributed by atoms with van der Waals surface area (Å²) in [5, 5.41) is 9.35. The first-order valence-electron chi connectivity index (χ1n) is 9.32. The second-order valence-corrected chi connectivity index (χ2v) is 6.70. The Kier molecular flexibility index (Phi) is 5.12. The second kappa shape index (κ2) is 7.87. The highest BCUT2D eigenvalue weighted by Gasteiger charge is 2.20. The second-order valence-electron chi connectivity index (χ2n) is 6.70. The smallest absolute Gasteiger partial charge is 0.303 e. The molecule has 1 aliphatic rings. The summed E-state index contributed by atoms with van der Waals surface area (Å²) in [4.78, 5) is 24.3. The molecule has 7 nitrogen and oxygen atoms in total. The molecule has 7 heteroatoms. The predicted molar refractivity (Wildman–Crippen MR) is 106 cm³/mol. The van der Waals surface area contributed by atoms with Crippen LogP contribution in [0.4, 0.5) is 0 Å². The van der Waals surface area contributed by atoms with Crippen LogP contribution in [0.1, 0.15) is 18.6 Å². The third-order valence-corrected chi connectivity index (χ3v) is 4.80. The first kappa shape index (κ1) is 18.9. The maximum Gasteiger partial charge on any atom is 0.303 e. The van der Waals surface area contributed by atoms with Gasteiger partial charge in [-0.3, -0.25) is 9.59 Å². The Morgan fingerprint density at radius 1 is 1.10 bits per heavy atom. The minimum atomic E-state index is -0.890. The zero-order chi connectivity index (χ0) is 20.4. The minimum absolute atomic E-state index is 0.00899. The van der Waals surface area contributed by atoms with E-state index in [1.165, 1.54) is 0 Å². The summed E-state index contributed by atoms with van der Waals surface area (Å²) in [6.07, 6.45) is 0.676. The minimum Gasteiger partial charge on any atom is -0.497 e. The van der Waals surface area contributed by atoms with Gasteiger partial charge >= 0.3 is 5.97 Å². The van der Waals surface area contributed by atoms with Crippen LogP contribution in [0.25, 0.3) is 22.1 Å². The summed E-state index contributed by atoms with van der Waals surface area (Å²) in [7, 11) is 1.57. The molecule has 1 aliphatic heterocycles. The number of rotatable bonds is 6. The molecule has 1 N–H and O–H groups in total. The van der Waals surface area contributed by atoms with Gasteiger partial charge in [-0.25, -0.2) is 0 Å². The zero-order valence-corrected chi connectivity index (χ0v) is 15.9. The van der Waals surface area contributed by atoms with Crippen molar-refractivity contribution in [2.75, 3.05) is 20.3 Å². The number of benzene rings is 2. The Bertz CT molecular complexity index is 1110. The Morgan fingerprint density at radius 2 is 1.79 bits per heavy atom. The Hall–Kier alpha value is -3.48. The number of ether oxygens (including phenoxy) is 3. The van der Waals surface area contributed by atoms with Gasteiger partial charge in [-0.2, -0.15) is 0 Å². The van der Waals surface area contributed by atoms with E-state index in [-0.39, 0.29) is 11.8 Å². The molecule has 0 atom stereocenters. The molecular weight excluding hydrogens is 376 g/mol. The lowest BCUT2D eigenvalue weighted by atomic mass is 9.99. The number of aryl methyl sites for hydroxylation is 1. The van der Waals surface area contributed by atoms with Gasteiger partial charge in [-0.15, -0.1) is 0 Å². The fourth-order valence-corrected chi connectivity index (χ4v) is 3.40.